The Hall–Kier alpha value is -2.25. The normalized spacial score (nSPS) is 12.7. The van der Waals surface area contributed by atoms with Crippen molar-refractivity contribution in [3.05, 3.63) is 59.9 Å². The second kappa shape index (κ2) is 9.62. The maximum atomic E-state index is 12.5. The molecule has 0 saturated heterocycles. The number of ether oxygens (including phenoxy) is 1. The van der Waals surface area contributed by atoms with Crippen LogP contribution in [0.5, 0.6) is 0 Å². The van der Waals surface area contributed by atoms with Crippen molar-refractivity contribution < 1.29 is 17.9 Å². The van der Waals surface area contributed by atoms with Crippen LogP contribution in [0, 0.1) is 12.8 Å². The lowest BCUT2D eigenvalue weighted by molar-refractivity contribution is -0.146. The average Bonchev–Trinajstić information content (AvgIpc) is 2.64. The van der Waals surface area contributed by atoms with Gasteiger partial charge in [0.2, 0.25) is 10.0 Å². The Labute approximate surface area is 161 Å². The first-order valence-corrected chi connectivity index (χ1v) is 10.4. The van der Waals surface area contributed by atoms with Gasteiger partial charge in [0.25, 0.3) is 0 Å². The predicted molar refractivity (Wildman–Crippen MR) is 104 cm³/mol. The number of rotatable bonds is 9. The van der Waals surface area contributed by atoms with Gasteiger partial charge in [0, 0.05) is 11.4 Å². The average molecular weight is 391 g/mol. The molecule has 2 rings (SSSR count). The highest BCUT2D eigenvalue weighted by Crippen LogP contribution is 2.13. The highest BCUT2D eigenvalue weighted by atomic mass is 32.2. The number of nitrogens with zero attached hydrogens (tertiary/aromatic N) is 1. The predicted octanol–water partition coefficient (Wildman–Crippen LogP) is 2.87. The van der Waals surface area contributed by atoms with E-state index in [1.807, 2.05) is 25.1 Å². The third-order valence-corrected chi connectivity index (χ3v) is 5.48. The summed E-state index contributed by atoms with van der Waals surface area (Å²) in [5.41, 5.74) is 1.89. The maximum absolute atomic E-state index is 12.5. The lowest BCUT2D eigenvalue weighted by Gasteiger charge is -2.20. The number of aryl methyl sites for hydroxylation is 2. The van der Waals surface area contributed by atoms with Crippen molar-refractivity contribution in [1.29, 1.82) is 0 Å². The number of sulfonamides is 1. The minimum absolute atomic E-state index is 0.119. The van der Waals surface area contributed by atoms with Gasteiger partial charge >= 0.3 is 5.97 Å². The molecule has 6 nitrogen and oxygen atoms in total. The molecule has 1 N–H and O–H groups in total. The first kappa shape index (κ1) is 21.1. The molecule has 1 aromatic carbocycles. The van der Waals surface area contributed by atoms with E-state index in [1.165, 1.54) is 12.1 Å². The standard InChI is InChI=1S/C20H26N2O4S/c1-15(2)19(22-27(24,25)18-12-5-4-6-13-18)20(23)26-14-8-11-17-10-7-9-16(3)21-17/h4-7,9-10,12-13,15,19,22H,8,11,14H2,1-3H3/t19-/m0/s1. The van der Waals surface area contributed by atoms with Gasteiger partial charge in [-0.05, 0) is 49.9 Å². The lowest BCUT2D eigenvalue weighted by atomic mass is 10.1. The van der Waals surface area contributed by atoms with Gasteiger partial charge in [-0.3, -0.25) is 9.78 Å². The van der Waals surface area contributed by atoms with E-state index in [0.29, 0.717) is 12.8 Å². The molecule has 1 heterocycles. The molecule has 0 aliphatic rings. The third kappa shape index (κ3) is 6.45. The number of benzene rings is 1. The van der Waals surface area contributed by atoms with Crippen LogP contribution in [0.15, 0.2) is 53.4 Å². The number of carbonyl (C=O) groups excluding carboxylic acids is 1. The zero-order valence-electron chi connectivity index (χ0n) is 15.9. The largest absolute Gasteiger partial charge is 0.464 e. The van der Waals surface area contributed by atoms with Crippen LogP contribution in [0.4, 0.5) is 0 Å². The minimum Gasteiger partial charge on any atom is -0.464 e. The molecule has 0 bridgehead atoms. The molecule has 0 radical (unpaired) electrons. The topological polar surface area (TPSA) is 85.4 Å². The molecule has 27 heavy (non-hydrogen) atoms. The summed E-state index contributed by atoms with van der Waals surface area (Å²) in [5.74, 6) is -0.809. The molecule has 0 fully saturated rings. The van der Waals surface area contributed by atoms with Crippen molar-refractivity contribution in [2.24, 2.45) is 5.92 Å². The van der Waals surface area contributed by atoms with E-state index in [0.717, 1.165) is 11.4 Å². The lowest BCUT2D eigenvalue weighted by Crippen LogP contribution is -2.45. The highest BCUT2D eigenvalue weighted by molar-refractivity contribution is 7.89. The Bertz CT molecular complexity index is 851. The summed E-state index contributed by atoms with van der Waals surface area (Å²) in [6, 6.07) is 12.8. The maximum Gasteiger partial charge on any atom is 0.324 e. The quantitative estimate of drug-likeness (QED) is 0.526. The van der Waals surface area contributed by atoms with Crippen molar-refractivity contribution >= 4 is 16.0 Å². The smallest absolute Gasteiger partial charge is 0.324 e. The molecule has 2 aromatic rings. The van der Waals surface area contributed by atoms with Crippen LogP contribution in [0.25, 0.3) is 0 Å². The number of pyridine rings is 1. The molecule has 1 aromatic heterocycles. The number of hydrogen-bond donors (Lipinski definition) is 1. The van der Waals surface area contributed by atoms with Crippen molar-refractivity contribution in [2.45, 2.75) is 44.6 Å². The van der Waals surface area contributed by atoms with Gasteiger partial charge in [-0.2, -0.15) is 4.72 Å². The highest BCUT2D eigenvalue weighted by Gasteiger charge is 2.29. The SMILES string of the molecule is Cc1cccc(CCCOC(=O)[C@@H](NS(=O)(=O)c2ccccc2)C(C)C)n1. The molecule has 0 spiro atoms. The Morgan fingerprint density at radius 1 is 1.11 bits per heavy atom. The van der Waals surface area contributed by atoms with Gasteiger partial charge in [-0.25, -0.2) is 8.42 Å². The Kier molecular flexibility index (Phi) is 7.50. The van der Waals surface area contributed by atoms with Crippen molar-refractivity contribution in [2.75, 3.05) is 6.61 Å². The van der Waals surface area contributed by atoms with E-state index in [2.05, 4.69) is 9.71 Å². The Morgan fingerprint density at radius 2 is 1.81 bits per heavy atom. The van der Waals surface area contributed by atoms with Crippen LogP contribution < -0.4 is 4.72 Å². The second-order valence-electron chi connectivity index (χ2n) is 6.70. The van der Waals surface area contributed by atoms with Gasteiger partial charge in [0.15, 0.2) is 0 Å². The van der Waals surface area contributed by atoms with Gasteiger partial charge in [-0.1, -0.05) is 38.1 Å². The van der Waals surface area contributed by atoms with E-state index >= 15 is 0 Å². The second-order valence-corrected chi connectivity index (χ2v) is 8.41. The van der Waals surface area contributed by atoms with Crippen LogP contribution in [-0.4, -0.2) is 32.0 Å². The van der Waals surface area contributed by atoms with Gasteiger partial charge in [-0.15, -0.1) is 0 Å². The number of hydrogen-bond acceptors (Lipinski definition) is 5. The molecule has 0 saturated carbocycles. The van der Waals surface area contributed by atoms with Crippen molar-refractivity contribution in [1.82, 2.24) is 9.71 Å². The zero-order chi connectivity index (χ0) is 19.9. The summed E-state index contributed by atoms with van der Waals surface area (Å²) in [6.07, 6.45) is 1.31. The zero-order valence-corrected chi connectivity index (χ0v) is 16.7. The molecule has 0 unspecified atom stereocenters. The number of esters is 1. The molecule has 0 aliphatic heterocycles. The van der Waals surface area contributed by atoms with E-state index in [-0.39, 0.29) is 17.4 Å². The van der Waals surface area contributed by atoms with Crippen LogP contribution in [0.3, 0.4) is 0 Å². The summed E-state index contributed by atoms with van der Waals surface area (Å²) >= 11 is 0. The molecule has 0 aliphatic carbocycles. The third-order valence-electron chi connectivity index (χ3n) is 4.02. The number of nitrogens with one attached hydrogen (secondary N) is 1. The summed E-state index contributed by atoms with van der Waals surface area (Å²) in [7, 11) is -3.79. The summed E-state index contributed by atoms with van der Waals surface area (Å²) in [4.78, 5) is 16.9. The molecule has 0 amide bonds. The van der Waals surface area contributed by atoms with Gasteiger partial charge in [0.05, 0.1) is 11.5 Å². The van der Waals surface area contributed by atoms with Crippen molar-refractivity contribution in [3.63, 3.8) is 0 Å². The van der Waals surface area contributed by atoms with E-state index in [4.69, 9.17) is 4.74 Å². The monoisotopic (exact) mass is 390 g/mol. The summed E-state index contributed by atoms with van der Waals surface area (Å²) in [6.45, 7) is 5.69. The molecular formula is C20H26N2O4S. The van der Waals surface area contributed by atoms with E-state index in [1.54, 1.807) is 32.0 Å². The first-order chi connectivity index (χ1) is 12.8. The Balaban J connectivity index is 1.91. The molecule has 146 valence electrons. The van der Waals surface area contributed by atoms with E-state index < -0.39 is 22.0 Å². The van der Waals surface area contributed by atoms with Crippen LogP contribution in [0.2, 0.25) is 0 Å². The fraction of sp³-hybridized carbons (Fsp3) is 0.400. The molecule has 7 heteroatoms. The van der Waals surface area contributed by atoms with Crippen LogP contribution >= 0.6 is 0 Å². The first-order valence-electron chi connectivity index (χ1n) is 8.96. The van der Waals surface area contributed by atoms with Crippen LogP contribution in [0.1, 0.15) is 31.7 Å². The number of aromatic nitrogens is 1. The van der Waals surface area contributed by atoms with E-state index in [9.17, 15) is 13.2 Å². The summed E-state index contributed by atoms with van der Waals surface area (Å²) < 4.78 is 32.7. The van der Waals surface area contributed by atoms with Gasteiger partial charge in [0.1, 0.15) is 6.04 Å². The van der Waals surface area contributed by atoms with Crippen LogP contribution in [-0.2, 0) is 26.0 Å². The Morgan fingerprint density at radius 3 is 2.44 bits per heavy atom. The number of carbonyl (C=O) groups is 1. The molecular weight excluding hydrogens is 364 g/mol. The fourth-order valence-corrected chi connectivity index (χ4v) is 3.90. The fourth-order valence-electron chi connectivity index (χ4n) is 2.55. The summed E-state index contributed by atoms with van der Waals surface area (Å²) in [5, 5.41) is 0. The minimum atomic E-state index is -3.79. The van der Waals surface area contributed by atoms with Crippen molar-refractivity contribution in [3.8, 4) is 0 Å². The molecule has 1 atom stereocenters. The van der Waals surface area contributed by atoms with Gasteiger partial charge < -0.3 is 4.74 Å².